The second kappa shape index (κ2) is 6.78. The van der Waals surface area contributed by atoms with E-state index < -0.39 is 0 Å². The number of ether oxygens (including phenoxy) is 1. The van der Waals surface area contributed by atoms with Crippen LogP contribution in [-0.4, -0.2) is 14.9 Å². The molecule has 126 valence electrons. The van der Waals surface area contributed by atoms with Crippen molar-refractivity contribution in [3.8, 4) is 5.75 Å². The highest BCUT2D eigenvalue weighted by Crippen LogP contribution is 2.28. The van der Waals surface area contributed by atoms with Gasteiger partial charge in [0.15, 0.2) is 5.82 Å². The van der Waals surface area contributed by atoms with Crippen LogP contribution in [0.1, 0.15) is 11.4 Å². The average Bonchev–Trinajstić information content (AvgIpc) is 3.04. The molecule has 0 radical (unpaired) electrons. The molecule has 0 saturated heterocycles. The maximum Gasteiger partial charge on any atom is 0.214 e. The van der Waals surface area contributed by atoms with Gasteiger partial charge in [0.05, 0.1) is 5.70 Å². The minimum Gasteiger partial charge on any atom is -0.486 e. The van der Waals surface area contributed by atoms with Gasteiger partial charge in [0, 0.05) is 16.0 Å². The molecule has 2 aromatic carbocycles. The van der Waals surface area contributed by atoms with Gasteiger partial charge in [0.2, 0.25) is 5.16 Å². The summed E-state index contributed by atoms with van der Waals surface area (Å²) in [5.41, 5.74) is 4.95. The lowest BCUT2D eigenvalue weighted by atomic mass is 10.2. The molecule has 2 heterocycles. The molecule has 0 amide bonds. The molecule has 0 bridgehead atoms. The first-order valence-electron chi connectivity index (χ1n) is 7.41. The van der Waals surface area contributed by atoms with Gasteiger partial charge in [-0.25, -0.2) is 9.07 Å². The normalized spacial score (nSPS) is 13.0. The number of hydrogen-bond acceptors (Lipinski definition) is 5. The fourth-order valence-corrected chi connectivity index (χ4v) is 3.16. The lowest BCUT2D eigenvalue weighted by molar-refractivity contribution is 0.291. The lowest BCUT2D eigenvalue weighted by Crippen LogP contribution is -2.20. The molecule has 1 aromatic heterocycles. The quantitative estimate of drug-likeness (QED) is 0.738. The van der Waals surface area contributed by atoms with Crippen molar-refractivity contribution >= 4 is 29.1 Å². The van der Waals surface area contributed by atoms with Gasteiger partial charge in [0.25, 0.3) is 0 Å². The number of fused-ring (bicyclic) bond motifs is 1. The number of nitrogens with one attached hydrogen (secondary N) is 1. The molecular formula is C17H12ClFN4OS. The van der Waals surface area contributed by atoms with E-state index in [1.807, 2.05) is 5.41 Å². The smallest absolute Gasteiger partial charge is 0.214 e. The first-order chi connectivity index (χ1) is 12.2. The number of benzene rings is 2. The summed E-state index contributed by atoms with van der Waals surface area (Å²) >= 11 is 7.30. The summed E-state index contributed by atoms with van der Waals surface area (Å²) in [6.07, 6.45) is 0. The van der Waals surface area contributed by atoms with Gasteiger partial charge in [0.1, 0.15) is 18.2 Å². The summed E-state index contributed by atoms with van der Waals surface area (Å²) in [5.74, 6) is 1.06. The van der Waals surface area contributed by atoms with Crippen LogP contribution in [0.3, 0.4) is 0 Å². The van der Waals surface area contributed by atoms with Crippen LogP contribution < -0.4 is 10.2 Å². The van der Waals surface area contributed by atoms with Gasteiger partial charge in [-0.3, -0.25) is 5.43 Å². The number of aromatic nitrogens is 3. The zero-order valence-electron chi connectivity index (χ0n) is 12.8. The van der Waals surface area contributed by atoms with Gasteiger partial charge >= 0.3 is 0 Å². The van der Waals surface area contributed by atoms with Crippen molar-refractivity contribution < 1.29 is 9.13 Å². The Bertz CT molecular complexity index is 925. The highest BCUT2D eigenvalue weighted by molar-refractivity contribution is 8.02. The van der Waals surface area contributed by atoms with E-state index >= 15 is 0 Å². The molecule has 0 saturated carbocycles. The van der Waals surface area contributed by atoms with Gasteiger partial charge in [-0.05, 0) is 48.5 Å². The fraction of sp³-hybridized carbons (Fsp3) is 0.0588. The standard InChI is InChI=1S/C17H12ClFN4OS/c18-12-3-7-14(8-4-12)24-9-16-20-21-17-23(16)22-15(10-25-17)11-1-5-13(19)6-2-11/h1-8,10,22H,9H2. The topological polar surface area (TPSA) is 52.0 Å². The highest BCUT2D eigenvalue weighted by atomic mass is 35.5. The maximum atomic E-state index is 13.1. The van der Waals surface area contributed by atoms with E-state index in [4.69, 9.17) is 16.3 Å². The first-order valence-corrected chi connectivity index (χ1v) is 8.67. The van der Waals surface area contributed by atoms with Crippen LogP contribution in [0.4, 0.5) is 4.39 Å². The summed E-state index contributed by atoms with van der Waals surface area (Å²) < 4.78 is 20.6. The van der Waals surface area contributed by atoms with Crippen molar-refractivity contribution in [2.24, 2.45) is 0 Å². The Kier molecular flexibility index (Phi) is 4.33. The molecule has 0 fully saturated rings. The molecule has 1 aliphatic rings. The Morgan fingerprint density at radius 3 is 2.60 bits per heavy atom. The Hall–Kier alpha value is -2.51. The van der Waals surface area contributed by atoms with Crippen LogP contribution in [0.15, 0.2) is 59.1 Å². The van der Waals surface area contributed by atoms with Crippen molar-refractivity contribution in [2.45, 2.75) is 11.8 Å². The molecule has 1 aliphatic heterocycles. The van der Waals surface area contributed by atoms with Gasteiger partial charge in [-0.1, -0.05) is 23.4 Å². The van der Waals surface area contributed by atoms with Gasteiger partial charge < -0.3 is 4.74 Å². The third kappa shape index (κ3) is 3.47. The molecule has 4 rings (SSSR count). The molecule has 3 aromatic rings. The Morgan fingerprint density at radius 1 is 1.08 bits per heavy atom. The van der Waals surface area contributed by atoms with Crippen LogP contribution >= 0.6 is 23.4 Å². The fourth-order valence-electron chi connectivity index (χ4n) is 2.28. The summed E-state index contributed by atoms with van der Waals surface area (Å²) in [7, 11) is 0. The van der Waals surface area contributed by atoms with E-state index in [-0.39, 0.29) is 12.4 Å². The van der Waals surface area contributed by atoms with Crippen LogP contribution in [0.5, 0.6) is 5.75 Å². The highest BCUT2D eigenvalue weighted by Gasteiger charge is 2.18. The Balaban J connectivity index is 1.50. The minimum atomic E-state index is -0.269. The molecule has 0 unspecified atom stereocenters. The summed E-state index contributed by atoms with van der Waals surface area (Å²) in [4.78, 5) is 0. The van der Waals surface area contributed by atoms with E-state index in [9.17, 15) is 4.39 Å². The van der Waals surface area contributed by atoms with Crippen molar-refractivity contribution in [3.63, 3.8) is 0 Å². The molecule has 0 aliphatic carbocycles. The second-order valence-electron chi connectivity index (χ2n) is 5.24. The third-order valence-electron chi connectivity index (χ3n) is 3.55. The van der Waals surface area contributed by atoms with Crippen molar-refractivity contribution in [3.05, 3.63) is 76.2 Å². The zero-order chi connectivity index (χ0) is 17.2. The monoisotopic (exact) mass is 374 g/mol. The maximum absolute atomic E-state index is 13.1. The van der Waals surface area contributed by atoms with Crippen LogP contribution in [0.25, 0.3) is 5.70 Å². The number of thioether (sulfide) groups is 1. The lowest BCUT2D eigenvalue weighted by Gasteiger charge is -2.19. The SMILES string of the molecule is Fc1ccc(C2=CSc3nnc(COc4ccc(Cl)cc4)n3N2)cc1. The molecule has 8 heteroatoms. The minimum absolute atomic E-state index is 0.249. The predicted octanol–water partition coefficient (Wildman–Crippen LogP) is 4.30. The molecule has 1 N–H and O–H groups in total. The predicted molar refractivity (Wildman–Crippen MR) is 95.4 cm³/mol. The Labute approximate surface area is 152 Å². The largest absolute Gasteiger partial charge is 0.486 e. The summed E-state index contributed by atoms with van der Waals surface area (Å²) in [6.45, 7) is 0.249. The van der Waals surface area contributed by atoms with E-state index in [0.717, 1.165) is 11.3 Å². The van der Waals surface area contributed by atoms with Crippen molar-refractivity contribution in [1.29, 1.82) is 0 Å². The number of hydrogen-bond donors (Lipinski definition) is 1. The van der Waals surface area contributed by atoms with Crippen molar-refractivity contribution in [2.75, 3.05) is 5.43 Å². The molecule has 0 spiro atoms. The molecular weight excluding hydrogens is 363 g/mol. The van der Waals surface area contributed by atoms with Crippen LogP contribution in [0.2, 0.25) is 5.02 Å². The van der Waals surface area contributed by atoms with Crippen molar-refractivity contribution in [1.82, 2.24) is 14.9 Å². The second-order valence-corrected chi connectivity index (χ2v) is 6.52. The van der Waals surface area contributed by atoms with E-state index in [2.05, 4.69) is 15.6 Å². The van der Waals surface area contributed by atoms with E-state index in [0.29, 0.717) is 21.8 Å². The summed E-state index contributed by atoms with van der Waals surface area (Å²) in [5, 5.41) is 11.6. The molecule has 0 atom stereocenters. The number of nitrogens with zero attached hydrogens (tertiary/aromatic N) is 3. The average molecular weight is 375 g/mol. The number of rotatable bonds is 4. The van der Waals surface area contributed by atoms with Crippen LogP contribution in [0, 0.1) is 5.82 Å². The van der Waals surface area contributed by atoms with E-state index in [1.165, 1.54) is 23.9 Å². The van der Waals surface area contributed by atoms with Gasteiger partial charge in [-0.15, -0.1) is 10.2 Å². The number of halogens is 2. The Morgan fingerprint density at radius 2 is 1.84 bits per heavy atom. The molecule has 5 nitrogen and oxygen atoms in total. The zero-order valence-corrected chi connectivity index (χ0v) is 14.4. The molecule has 25 heavy (non-hydrogen) atoms. The first kappa shape index (κ1) is 16.0. The van der Waals surface area contributed by atoms with E-state index in [1.54, 1.807) is 41.1 Å². The van der Waals surface area contributed by atoms with Crippen LogP contribution in [-0.2, 0) is 6.61 Å². The summed E-state index contributed by atoms with van der Waals surface area (Å²) in [6, 6.07) is 13.4. The van der Waals surface area contributed by atoms with Gasteiger partial charge in [-0.2, -0.15) is 0 Å². The third-order valence-corrected chi connectivity index (χ3v) is 4.63.